The second-order valence-corrected chi connectivity index (χ2v) is 11.6. The van der Waals surface area contributed by atoms with Crippen LogP contribution < -0.4 is 15.1 Å². The predicted molar refractivity (Wildman–Crippen MR) is 152 cm³/mol. The molecule has 2 amide bonds. The minimum Gasteiger partial charge on any atom is -0.367 e. The van der Waals surface area contributed by atoms with E-state index < -0.39 is 17.3 Å². The van der Waals surface area contributed by atoms with Crippen molar-refractivity contribution in [3.05, 3.63) is 47.4 Å². The van der Waals surface area contributed by atoms with Crippen LogP contribution in [0.25, 0.3) is 0 Å². The first-order chi connectivity index (χ1) is 19.5. The van der Waals surface area contributed by atoms with Gasteiger partial charge in [0.1, 0.15) is 23.4 Å². The average molecular weight is 573 g/mol. The summed E-state index contributed by atoms with van der Waals surface area (Å²) in [6.07, 6.45) is -2.76. The van der Waals surface area contributed by atoms with E-state index in [4.69, 9.17) is 0 Å². The van der Waals surface area contributed by atoms with Gasteiger partial charge in [-0.1, -0.05) is 32.9 Å². The van der Waals surface area contributed by atoms with E-state index in [2.05, 4.69) is 31.2 Å². The molecule has 0 aliphatic carbocycles. The SMILES string of the molecule is CC(C)(C)c1nc(N2CCN(CCCCNC(=O)N3CCN(c4ccccc4C#N)CC3)CC2)cc(C(F)(F)F)n1. The number of rotatable bonds is 7. The van der Waals surface area contributed by atoms with Crippen molar-refractivity contribution >= 4 is 17.5 Å². The molecule has 0 unspecified atom stereocenters. The van der Waals surface area contributed by atoms with Crippen molar-refractivity contribution in [3.8, 4) is 6.07 Å². The number of hydrogen-bond acceptors (Lipinski definition) is 7. The normalized spacial score (nSPS) is 17.0. The molecule has 1 aromatic heterocycles. The van der Waals surface area contributed by atoms with Crippen LogP contribution in [0.15, 0.2) is 30.3 Å². The first-order valence-corrected chi connectivity index (χ1v) is 14.2. The molecule has 222 valence electrons. The number of halogens is 3. The Bertz CT molecular complexity index is 1190. The number of hydrogen-bond donors (Lipinski definition) is 1. The fourth-order valence-corrected chi connectivity index (χ4v) is 5.04. The first kappa shape index (κ1) is 30.4. The molecule has 3 heterocycles. The third-order valence-electron chi connectivity index (χ3n) is 7.48. The van der Waals surface area contributed by atoms with Crippen molar-refractivity contribution in [2.75, 3.05) is 75.2 Å². The van der Waals surface area contributed by atoms with Crippen molar-refractivity contribution in [1.82, 2.24) is 25.1 Å². The summed E-state index contributed by atoms with van der Waals surface area (Å²) in [6, 6.07) is 10.7. The second-order valence-electron chi connectivity index (χ2n) is 11.6. The van der Waals surface area contributed by atoms with Crippen molar-refractivity contribution in [1.29, 1.82) is 5.26 Å². The first-order valence-electron chi connectivity index (χ1n) is 14.2. The molecule has 1 N–H and O–H groups in total. The number of alkyl halides is 3. The molecule has 0 bridgehead atoms. The number of nitrogens with zero attached hydrogens (tertiary/aromatic N) is 7. The summed E-state index contributed by atoms with van der Waals surface area (Å²) >= 11 is 0. The van der Waals surface area contributed by atoms with E-state index in [0.29, 0.717) is 57.2 Å². The van der Waals surface area contributed by atoms with Crippen LogP contribution in [0.4, 0.5) is 29.5 Å². The van der Waals surface area contributed by atoms with Crippen LogP contribution >= 0.6 is 0 Å². The summed E-state index contributed by atoms with van der Waals surface area (Å²) in [4.78, 5) is 29.0. The van der Waals surface area contributed by atoms with Crippen LogP contribution in [0.1, 0.15) is 50.7 Å². The highest BCUT2D eigenvalue weighted by Gasteiger charge is 2.36. The van der Waals surface area contributed by atoms with Crippen molar-refractivity contribution in [2.24, 2.45) is 0 Å². The predicted octanol–water partition coefficient (Wildman–Crippen LogP) is 4.10. The molecule has 2 aliphatic rings. The highest BCUT2D eigenvalue weighted by molar-refractivity contribution is 5.74. The fraction of sp³-hybridized carbons (Fsp3) is 0.586. The van der Waals surface area contributed by atoms with E-state index in [9.17, 15) is 23.2 Å². The Labute approximate surface area is 239 Å². The van der Waals surface area contributed by atoms with Gasteiger partial charge in [0.25, 0.3) is 0 Å². The number of nitriles is 1. The lowest BCUT2D eigenvalue weighted by Crippen LogP contribution is -2.52. The number of carbonyl (C=O) groups excluding carboxylic acids is 1. The molecule has 4 rings (SSSR count). The number of piperazine rings is 2. The third-order valence-corrected chi connectivity index (χ3v) is 7.48. The van der Waals surface area contributed by atoms with Crippen molar-refractivity contribution < 1.29 is 18.0 Å². The van der Waals surface area contributed by atoms with E-state index in [1.54, 1.807) is 0 Å². The molecule has 9 nitrogen and oxygen atoms in total. The summed E-state index contributed by atoms with van der Waals surface area (Å²) in [5.74, 6) is 0.521. The number of benzene rings is 1. The van der Waals surface area contributed by atoms with Gasteiger partial charge < -0.3 is 20.0 Å². The summed E-state index contributed by atoms with van der Waals surface area (Å²) in [5.41, 5.74) is 0.0640. The minimum atomic E-state index is -4.52. The zero-order chi connectivity index (χ0) is 29.6. The third kappa shape index (κ3) is 8.00. The van der Waals surface area contributed by atoms with Gasteiger partial charge in [-0.3, -0.25) is 4.90 Å². The molecule has 2 aliphatic heterocycles. The molecule has 0 atom stereocenters. The Morgan fingerprint density at radius 1 is 0.951 bits per heavy atom. The van der Waals surface area contributed by atoms with Gasteiger partial charge in [-0.05, 0) is 31.5 Å². The summed E-state index contributed by atoms with van der Waals surface area (Å²) in [5, 5.41) is 12.4. The van der Waals surface area contributed by atoms with Crippen LogP contribution in [-0.4, -0.2) is 91.2 Å². The molecular formula is C29H39F3N8O. The largest absolute Gasteiger partial charge is 0.433 e. The maximum Gasteiger partial charge on any atom is 0.433 e. The highest BCUT2D eigenvalue weighted by atomic mass is 19.4. The van der Waals surface area contributed by atoms with E-state index >= 15 is 0 Å². The molecule has 0 saturated carbocycles. The van der Waals surface area contributed by atoms with Gasteiger partial charge in [0.15, 0.2) is 0 Å². The molecular weight excluding hydrogens is 533 g/mol. The monoisotopic (exact) mass is 572 g/mol. The zero-order valence-corrected chi connectivity index (χ0v) is 24.0. The van der Waals surface area contributed by atoms with Crippen LogP contribution in [0, 0.1) is 11.3 Å². The number of carbonyl (C=O) groups is 1. The summed E-state index contributed by atoms with van der Waals surface area (Å²) < 4.78 is 40.4. The number of nitrogens with one attached hydrogen (secondary N) is 1. The zero-order valence-electron chi connectivity index (χ0n) is 24.0. The number of para-hydroxylation sites is 1. The second kappa shape index (κ2) is 12.9. The quantitative estimate of drug-likeness (QED) is 0.500. The van der Waals surface area contributed by atoms with E-state index in [1.807, 2.05) is 54.8 Å². The molecule has 2 aromatic rings. The van der Waals surface area contributed by atoms with E-state index in [0.717, 1.165) is 44.2 Å². The molecule has 1 aromatic carbocycles. The Morgan fingerprint density at radius 2 is 1.61 bits per heavy atom. The Balaban J connectivity index is 1.16. The fourth-order valence-electron chi connectivity index (χ4n) is 5.04. The lowest BCUT2D eigenvalue weighted by molar-refractivity contribution is -0.141. The molecule has 2 saturated heterocycles. The van der Waals surface area contributed by atoms with Gasteiger partial charge in [-0.2, -0.15) is 18.4 Å². The number of anilines is 2. The smallest absolute Gasteiger partial charge is 0.367 e. The average Bonchev–Trinajstić information content (AvgIpc) is 2.96. The topological polar surface area (TPSA) is 91.6 Å². The minimum absolute atomic E-state index is 0.0652. The van der Waals surface area contributed by atoms with Crippen molar-refractivity contribution in [2.45, 2.75) is 45.2 Å². The lowest BCUT2D eigenvalue weighted by atomic mass is 9.95. The number of amides is 2. The molecule has 0 radical (unpaired) electrons. The number of urea groups is 1. The Morgan fingerprint density at radius 3 is 2.24 bits per heavy atom. The van der Waals surface area contributed by atoms with Gasteiger partial charge in [0, 0.05) is 70.4 Å². The van der Waals surface area contributed by atoms with Crippen LogP contribution in [0.3, 0.4) is 0 Å². The van der Waals surface area contributed by atoms with Gasteiger partial charge in [0.2, 0.25) is 0 Å². The standard InChI is InChI=1S/C29H39F3N8O/c1-28(2,3)26-35-24(29(30,31)32)20-25(36-26)39-14-12-37(13-15-39)11-7-6-10-34-27(41)40-18-16-38(17-19-40)23-9-5-4-8-22(23)21-33/h4-5,8-9,20H,6-7,10-19H2,1-3H3,(H,34,41). The summed E-state index contributed by atoms with van der Waals surface area (Å²) in [7, 11) is 0. The lowest BCUT2D eigenvalue weighted by Gasteiger charge is -2.36. The van der Waals surface area contributed by atoms with Gasteiger partial charge in [-0.15, -0.1) is 0 Å². The maximum absolute atomic E-state index is 13.5. The molecule has 0 spiro atoms. The van der Waals surface area contributed by atoms with Crippen molar-refractivity contribution in [3.63, 3.8) is 0 Å². The Kier molecular flexibility index (Phi) is 9.58. The van der Waals surface area contributed by atoms with Crippen LogP contribution in [0.5, 0.6) is 0 Å². The van der Waals surface area contributed by atoms with E-state index in [-0.39, 0.29) is 11.9 Å². The molecule has 2 fully saturated rings. The van der Waals surface area contributed by atoms with Crippen LogP contribution in [0.2, 0.25) is 0 Å². The van der Waals surface area contributed by atoms with Gasteiger partial charge >= 0.3 is 12.2 Å². The van der Waals surface area contributed by atoms with Crippen LogP contribution in [-0.2, 0) is 11.6 Å². The highest BCUT2D eigenvalue weighted by Crippen LogP contribution is 2.32. The number of aromatic nitrogens is 2. The van der Waals surface area contributed by atoms with E-state index in [1.165, 1.54) is 0 Å². The summed E-state index contributed by atoms with van der Waals surface area (Å²) in [6.45, 7) is 12.1. The maximum atomic E-state index is 13.5. The molecule has 12 heteroatoms. The molecule has 41 heavy (non-hydrogen) atoms. The Hall–Kier alpha value is -3.59. The van der Waals surface area contributed by atoms with Gasteiger partial charge in [-0.25, -0.2) is 14.8 Å². The number of unbranched alkanes of at least 4 members (excludes halogenated alkanes) is 1. The van der Waals surface area contributed by atoms with Gasteiger partial charge in [0.05, 0.1) is 11.3 Å².